The van der Waals surface area contributed by atoms with Crippen molar-refractivity contribution in [3.63, 3.8) is 0 Å². The number of hydrogen-bond acceptors (Lipinski definition) is 2. The molecule has 0 saturated carbocycles. The summed E-state index contributed by atoms with van der Waals surface area (Å²) in [6, 6.07) is 4.18. The molecule has 2 fully saturated rings. The molecule has 1 atom stereocenters. The molecule has 0 amide bonds. The van der Waals surface area contributed by atoms with E-state index >= 15 is 0 Å². The first-order chi connectivity index (χ1) is 10.1. The largest absolute Gasteiger partial charge is 0.316 e. The topological polar surface area (TPSA) is 15.3 Å². The van der Waals surface area contributed by atoms with Crippen LogP contribution in [0.2, 0.25) is 0 Å². The van der Waals surface area contributed by atoms with Gasteiger partial charge in [-0.2, -0.15) is 0 Å². The molecule has 0 aromatic heterocycles. The Balaban J connectivity index is 1.60. The molecular weight excluding hydrogens is 270 g/mol. The first-order valence-corrected chi connectivity index (χ1v) is 7.94. The van der Waals surface area contributed by atoms with E-state index in [1.807, 2.05) is 0 Å². The highest BCUT2D eigenvalue weighted by Crippen LogP contribution is 2.33. The fraction of sp³-hybridized carbons (Fsp3) is 0.647. The number of nitrogens with zero attached hydrogens (tertiary/aromatic N) is 1. The molecule has 0 spiro atoms. The van der Waals surface area contributed by atoms with Crippen molar-refractivity contribution < 1.29 is 8.78 Å². The molecule has 116 valence electrons. The van der Waals surface area contributed by atoms with Crippen molar-refractivity contribution in [3.05, 3.63) is 35.4 Å². The highest BCUT2D eigenvalue weighted by Gasteiger charge is 2.33. The van der Waals surface area contributed by atoms with Crippen LogP contribution in [0, 0.1) is 17.0 Å². The quantitative estimate of drug-likeness (QED) is 0.921. The minimum absolute atomic E-state index is 0.0250. The van der Waals surface area contributed by atoms with E-state index in [0.717, 1.165) is 45.6 Å². The Kier molecular flexibility index (Phi) is 4.27. The van der Waals surface area contributed by atoms with Gasteiger partial charge in [0.25, 0.3) is 0 Å². The molecule has 0 radical (unpaired) electrons. The molecule has 1 aromatic carbocycles. The molecule has 2 aliphatic rings. The van der Waals surface area contributed by atoms with E-state index in [9.17, 15) is 8.78 Å². The van der Waals surface area contributed by atoms with Gasteiger partial charge in [-0.15, -0.1) is 0 Å². The predicted octanol–water partition coefficient (Wildman–Crippen LogP) is 3.14. The Morgan fingerprint density at radius 3 is 2.48 bits per heavy atom. The van der Waals surface area contributed by atoms with Crippen molar-refractivity contribution in [1.29, 1.82) is 0 Å². The summed E-state index contributed by atoms with van der Waals surface area (Å²) in [5.74, 6) is -0.752. The van der Waals surface area contributed by atoms with Crippen LogP contribution in [-0.2, 0) is 0 Å². The maximum absolute atomic E-state index is 13.9. The van der Waals surface area contributed by atoms with Gasteiger partial charge in [0.1, 0.15) is 11.6 Å². The van der Waals surface area contributed by atoms with Gasteiger partial charge in [0.2, 0.25) is 0 Å². The number of rotatable bonds is 3. The molecule has 1 unspecified atom stereocenters. The normalized spacial score (nSPS) is 28.1. The minimum Gasteiger partial charge on any atom is -0.316 e. The van der Waals surface area contributed by atoms with Crippen LogP contribution in [0.1, 0.15) is 37.7 Å². The van der Waals surface area contributed by atoms with Gasteiger partial charge in [-0.25, -0.2) is 8.78 Å². The second-order valence-corrected chi connectivity index (χ2v) is 6.92. The number of likely N-dealkylation sites (tertiary alicyclic amines) is 1. The molecule has 21 heavy (non-hydrogen) atoms. The monoisotopic (exact) mass is 294 g/mol. The summed E-state index contributed by atoms with van der Waals surface area (Å²) in [5.41, 5.74) is 0.654. The molecule has 2 saturated heterocycles. The summed E-state index contributed by atoms with van der Waals surface area (Å²) in [7, 11) is 0. The minimum atomic E-state index is -0.389. The van der Waals surface area contributed by atoms with Gasteiger partial charge in [-0.3, -0.25) is 0 Å². The molecule has 0 aliphatic carbocycles. The highest BCUT2D eigenvalue weighted by molar-refractivity contribution is 5.24. The fourth-order valence-electron chi connectivity index (χ4n) is 3.82. The van der Waals surface area contributed by atoms with Crippen molar-refractivity contribution >= 4 is 0 Å². The average Bonchev–Trinajstić information content (AvgIpc) is 2.87. The molecule has 3 rings (SSSR count). The van der Waals surface area contributed by atoms with Gasteiger partial charge < -0.3 is 10.2 Å². The van der Waals surface area contributed by atoms with Gasteiger partial charge in [0.05, 0.1) is 0 Å². The molecule has 2 aliphatic heterocycles. The van der Waals surface area contributed by atoms with Crippen molar-refractivity contribution in [2.75, 3.05) is 32.7 Å². The second kappa shape index (κ2) is 6.01. The lowest BCUT2D eigenvalue weighted by molar-refractivity contribution is 0.143. The Labute approximate surface area is 125 Å². The molecular formula is C17H24F2N2. The maximum Gasteiger partial charge on any atom is 0.129 e. The standard InChI is InChI=1S/C17H24F2N2/c1-17(7-8-20-11-17)12-21-9-5-13(6-10-21)16-14(18)3-2-4-15(16)19/h2-4,13,20H,5-12H2,1H3. The van der Waals surface area contributed by atoms with E-state index in [2.05, 4.69) is 17.1 Å². The summed E-state index contributed by atoms with van der Waals surface area (Å²) in [4.78, 5) is 2.46. The van der Waals surface area contributed by atoms with Crippen molar-refractivity contribution in [2.24, 2.45) is 5.41 Å². The van der Waals surface area contributed by atoms with Crippen molar-refractivity contribution in [3.8, 4) is 0 Å². The van der Waals surface area contributed by atoms with E-state index in [1.165, 1.54) is 24.6 Å². The Morgan fingerprint density at radius 2 is 1.90 bits per heavy atom. The lowest BCUT2D eigenvalue weighted by atomic mass is 9.85. The predicted molar refractivity (Wildman–Crippen MR) is 80.4 cm³/mol. The molecule has 1 aromatic rings. The molecule has 2 heterocycles. The average molecular weight is 294 g/mol. The Bertz CT molecular complexity index is 469. The van der Waals surface area contributed by atoms with Gasteiger partial charge in [0.15, 0.2) is 0 Å². The zero-order valence-electron chi connectivity index (χ0n) is 12.7. The summed E-state index contributed by atoms with van der Waals surface area (Å²) < 4.78 is 27.7. The number of benzene rings is 1. The summed E-state index contributed by atoms with van der Waals surface area (Å²) in [6.45, 7) is 7.48. The third-order valence-corrected chi connectivity index (χ3v) is 5.06. The van der Waals surface area contributed by atoms with Crippen LogP contribution >= 0.6 is 0 Å². The number of halogens is 2. The van der Waals surface area contributed by atoms with Crippen LogP contribution in [0.3, 0.4) is 0 Å². The van der Waals surface area contributed by atoms with Crippen LogP contribution in [0.15, 0.2) is 18.2 Å². The van der Waals surface area contributed by atoms with Crippen LogP contribution in [0.4, 0.5) is 8.78 Å². The lowest BCUT2D eigenvalue weighted by Crippen LogP contribution is -2.41. The van der Waals surface area contributed by atoms with Gasteiger partial charge in [-0.1, -0.05) is 13.0 Å². The van der Waals surface area contributed by atoms with Crippen LogP contribution in [0.25, 0.3) is 0 Å². The lowest BCUT2D eigenvalue weighted by Gasteiger charge is -2.37. The van der Waals surface area contributed by atoms with E-state index in [0.29, 0.717) is 11.0 Å². The van der Waals surface area contributed by atoms with Gasteiger partial charge in [0, 0.05) is 18.7 Å². The van der Waals surface area contributed by atoms with E-state index < -0.39 is 0 Å². The highest BCUT2D eigenvalue weighted by atomic mass is 19.1. The van der Waals surface area contributed by atoms with Crippen LogP contribution in [0.5, 0.6) is 0 Å². The first kappa shape index (κ1) is 14.9. The number of piperidine rings is 1. The van der Waals surface area contributed by atoms with Crippen molar-refractivity contribution in [2.45, 2.75) is 32.1 Å². The Hall–Kier alpha value is -1.00. The first-order valence-electron chi connectivity index (χ1n) is 7.94. The van der Waals surface area contributed by atoms with E-state index in [4.69, 9.17) is 0 Å². The smallest absolute Gasteiger partial charge is 0.129 e. The SMILES string of the molecule is CC1(CN2CCC(c3c(F)cccc3F)CC2)CCNC1. The van der Waals surface area contributed by atoms with E-state index in [1.54, 1.807) is 0 Å². The van der Waals surface area contributed by atoms with E-state index in [-0.39, 0.29) is 17.6 Å². The van der Waals surface area contributed by atoms with Crippen molar-refractivity contribution in [1.82, 2.24) is 10.2 Å². The van der Waals surface area contributed by atoms with Crippen LogP contribution in [-0.4, -0.2) is 37.6 Å². The third-order valence-electron chi connectivity index (χ3n) is 5.06. The molecule has 2 nitrogen and oxygen atoms in total. The summed E-state index contributed by atoms with van der Waals surface area (Å²) >= 11 is 0. The summed E-state index contributed by atoms with van der Waals surface area (Å²) in [5, 5.41) is 3.43. The second-order valence-electron chi connectivity index (χ2n) is 6.92. The van der Waals surface area contributed by atoms with Crippen LogP contribution < -0.4 is 5.32 Å². The summed E-state index contributed by atoms with van der Waals surface area (Å²) in [6.07, 6.45) is 2.91. The third kappa shape index (κ3) is 3.27. The molecule has 4 heteroatoms. The van der Waals surface area contributed by atoms with Gasteiger partial charge in [-0.05, 0) is 62.4 Å². The van der Waals surface area contributed by atoms with Gasteiger partial charge >= 0.3 is 0 Å². The maximum atomic E-state index is 13.9. The fourth-order valence-corrected chi connectivity index (χ4v) is 3.82. The molecule has 1 N–H and O–H groups in total. The number of hydrogen-bond donors (Lipinski definition) is 1. The zero-order chi connectivity index (χ0) is 14.9. The number of nitrogens with one attached hydrogen (secondary N) is 1. The molecule has 0 bridgehead atoms. The Morgan fingerprint density at radius 1 is 1.24 bits per heavy atom. The zero-order valence-corrected chi connectivity index (χ0v) is 12.7.